The molecular weight excluding hydrogens is 569 g/mol. The quantitative estimate of drug-likeness (QED) is 0.182. The summed E-state index contributed by atoms with van der Waals surface area (Å²) in [4.78, 5) is 0. The van der Waals surface area contributed by atoms with Crippen molar-refractivity contribution in [1.29, 1.82) is 0 Å². The minimum absolute atomic E-state index is 0.119. The van der Waals surface area contributed by atoms with Crippen molar-refractivity contribution < 1.29 is 18.1 Å². The van der Waals surface area contributed by atoms with Crippen molar-refractivity contribution in [3.63, 3.8) is 0 Å². The van der Waals surface area contributed by atoms with Crippen LogP contribution in [0.4, 0.5) is 0 Å². The van der Waals surface area contributed by atoms with Crippen molar-refractivity contribution in [2.75, 3.05) is 0 Å². The fraction of sp³-hybridized carbons (Fsp3) is 0. The molecule has 10 aromatic rings. The number of hydrogen-bond acceptors (Lipinski definition) is 1. The molecule has 0 spiro atoms. The van der Waals surface area contributed by atoms with E-state index < -0.39 is 24.2 Å². The fourth-order valence-electron chi connectivity index (χ4n) is 7.24. The molecule has 9 aromatic carbocycles. The molecule has 0 unspecified atom stereocenters. The molecular formula is C46H28O. The van der Waals surface area contributed by atoms with Gasteiger partial charge in [0.15, 0.2) is 0 Å². The molecule has 47 heavy (non-hydrogen) atoms. The molecule has 1 nitrogen and oxygen atoms in total. The zero-order valence-corrected chi connectivity index (χ0v) is 24.8. The first-order valence-corrected chi connectivity index (χ1v) is 15.4. The number of fused-ring (bicyclic) bond motifs is 3. The van der Waals surface area contributed by atoms with Crippen molar-refractivity contribution >= 4 is 54.3 Å². The lowest BCUT2D eigenvalue weighted by Gasteiger charge is -2.17. The van der Waals surface area contributed by atoms with Crippen molar-refractivity contribution in [2.24, 2.45) is 0 Å². The second-order valence-corrected chi connectivity index (χ2v) is 11.7. The maximum Gasteiger partial charge on any atom is 0.143 e. The summed E-state index contributed by atoms with van der Waals surface area (Å²) in [5, 5.41) is 7.41. The van der Waals surface area contributed by atoms with Crippen LogP contribution in [0.1, 0.15) is 13.7 Å². The zero-order valence-electron chi connectivity index (χ0n) is 34.8. The van der Waals surface area contributed by atoms with E-state index >= 15 is 0 Å². The Kier molecular flexibility index (Phi) is 3.91. The molecule has 0 atom stereocenters. The average Bonchev–Trinajstić information content (AvgIpc) is 3.63. The molecule has 218 valence electrons. The Hall–Kier alpha value is -6.18. The van der Waals surface area contributed by atoms with Gasteiger partial charge >= 0.3 is 0 Å². The summed E-state index contributed by atoms with van der Waals surface area (Å²) < 4.78 is 91.1. The summed E-state index contributed by atoms with van der Waals surface area (Å²) in [5.74, 6) is 0. The van der Waals surface area contributed by atoms with Gasteiger partial charge in [0.2, 0.25) is 0 Å². The Morgan fingerprint density at radius 1 is 0.362 bits per heavy atom. The van der Waals surface area contributed by atoms with Crippen LogP contribution in [0.5, 0.6) is 0 Å². The maximum absolute atomic E-state index is 8.73. The van der Waals surface area contributed by atoms with Gasteiger partial charge in [0.05, 0.1) is 13.7 Å². The number of hydrogen-bond donors (Lipinski definition) is 0. The highest BCUT2D eigenvalue weighted by Gasteiger charge is 2.20. The third kappa shape index (κ3) is 3.90. The standard InChI is InChI=1S/C46H28O/c1-3-11-29(12-4-1)33-15-7-8-16-35(33)40-18-9-19-41-45-37(17-10-20-42(45)47-46(40)41)36-26-22-32-23-27-38-34(30-13-5-2-6-14-30)25-21-31-24-28-39(36)44(32)43(31)38/h1-28H/i1D,2D,3D,4D,5D,6D,11D,12D,13D,14D. The monoisotopic (exact) mass is 606 g/mol. The molecule has 10 rings (SSSR count). The van der Waals surface area contributed by atoms with E-state index in [1.807, 2.05) is 66.7 Å². The number of benzene rings is 9. The smallest absolute Gasteiger partial charge is 0.143 e. The number of para-hydroxylation sites is 1. The molecule has 1 heterocycles. The molecule has 0 saturated heterocycles. The Balaban J connectivity index is 1.21. The van der Waals surface area contributed by atoms with Crippen LogP contribution in [-0.4, -0.2) is 0 Å². The molecule has 0 amide bonds. The summed E-state index contributed by atoms with van der Waals surface area (Å²) >= 11 is 0. The third-order valence-electron chi connectivity index (χ3n) is 9.23. The molecule has 0 bridgehead atoms. The van der Waals surface area contributed by atoms with Gasteiger partial charge in [-0.3, -0.25) is 0 Å². The number of furan rings is 1. The van der Waals surface area contributed by atoms with Crippen molar-refractivity contribution in [2.45, 2.75) is 0 Å². The van der Waals surface area contributed by atoms with Gasteiger partial charge in [0, 0.05) is 16.3 Å². The molecule has 0 aliphatic heterocycles. The van der Waals surface area contributed by atoms with Crippen LogP contribution in [0.3, 0.4) is 0 Å². The van der Waals surface area contributed by atoms with Gasteiger partial charge in [-0.2, -0.15) is 0 Å². The summed E-state index contributed by atoms with van der Waals surface area (Å²) in [6, 6.07) is 31.7. The predicted octanol–water partition coefficient (Wildman–Crippen LogP) is 13.2. The van der Waals surface area contributed by atoms with Crippen LogP contribution in [0, 0.1) is 0 Å². The second-order valence-electron chi connectivity index (χ2n) is 11.7. The predicted molar refractivity (Wildman–Crippen MR) is 199 cm³/mol. The molecule has 0 radical (unpaired) electrons. The Labute approximate surface area is 286 Å². The first-order chi connectivity index (χ1) is 27.5. The summed E-state index contributed by atoms with van der Waals surface area (Å²) in [6.45, 7) is 0. The fourth-order valence-corrected chi connectivity index (χ4v) is 7.24. The van der Waals surface area contributed by atoms with Gasteiger partial charge in [-0.05, 0) is 77.3 Å². The van der Waals surface area contributed by atoms with Crippen LogP contribution in [0.2, 0.25) is 0 Å². The third-order valence-corrected chi connectivity index (χ3v) is 9.23. The van der Waals surface area contributed by atoms with Gasteiger partial charge in [-0.25, -0.2) is 0 Å². The molecule has 0 aliphatic rings. The van der Waals surface area contributed by atoms with Crippen LogP contribution in [0.15, 0.2) is 174 Å². The summed E-state index contributed by atoms with van der Waals surface area (Å²) in [5.41, 5.74) is 5.88. The lowest BCUT2D eigenvalue weighted by Crippen LogP contribution is -1.89. The Bertz CT molecular complexity index is 3310. The first-order valence-electron chi connectivity index (χ1n) is 20.4. The van der Waals surface area contributed by atoms with Crippen LogP contribution in [0.25, 0.3) is 98.8 Å². The summed E-state index contributed by atoms with van der Waals surface area (Å²) in [6.07, 6.45) is 0. The topological polar surface area (TPSA) is 13.1 Å². The van der Waals surface area contributed by atoms with Gasteiger partial charge < -0.3 is 4.42 Å². The molecule has 1 aromatic heterocycles. The largest absolute Gasteiger partial charge is 0.455 e. The van der Waals surface area contributed by atoms with E-state index in [0.717, 1.165) is 54.2 Å². The molecule has 0 saturated carbocycles. The zero-order chi connectivity index (χ0) is 39.6. The Morgan fingerprint density at radius 2 is 0.915 bits per heavy atom. The SMILES string of the molecule is [2H]c1c([2H])c([2H])c(-c2ccccc2-c2cccc3c2oc2cccc(-c4ccc5ccc6c(-c7c([2H])c([2H])c([2H])c([2H])c7[2H])ccc7ccc4c5c76)c23)c([2H])c1[2H]. The first kappa shape index (κ1) is 18.1. The van der Waals surface area contributed by atoms with Crippen molar-refractivity contribution in [3.05, 3.63) is 170 Å². The average molecular weight is 607 g/mol. The van der Waals surface area contributed by atoms with Crippen molar-refractivity contribution in [1.82, 2.24) is 0 Å². The van der Waals surface area contributed by atoms with Gasteiger partial charge in [-0.1, -0.05) is 164 Å². The van der Waals surface area contributed by atoms with E-state index in [9.17, 15) is 0 Å². The summed E-state index contributed by atoms with van der Waals surface area (Å²) in [7, 11) is 0. The highest BCUT2D eigenvalue weighted by Crippen LogP contribution is 2.46. The van der Waals surface area contributed by atoms with Crippen LogP contribution >= 0.6 is 0 Å². The van der Waals surface area contributed by atoms with E-state index in [0.29, 0.717) is 33.4 Å². The molecule has 0 fully saturated rings. The van der Waals surface area contributed by atoms with Crippen LogP contribution < -0.4 is 0 Å². The lowest BCUT2D eigenvalue weighted by atomic mass is 9.86. The van der Waals surface area contributed by atoms with E-state index in [1.54, 1.807) is 12.1 Å². The minimum Gasteiger partial charge on any atom is -0.455 e. The van der Waals surface area contributed by atoms with Gasteiger partial charge in [0.25, 0.3) is 0 Å². The second kappa shape index (κ2) is 10.2. The maximum atomic E-state index is 8.73. The van der Waals surface area contributed by atoms with E-state index in [-0.39, 0.29) is 47.4 Å². The number of rotatable bonds is 4. The van der Waals surface area contributed by atoms with Crippen LogP contribution in [-0.2, 0) is 0 Å². The van der Waals surface area contributed by atoms with Gasteiger partial charge in [-0.15, -0.1) is 0 Å². The highest BCUT2D eigenvalue weighted by molar-refractivity contribution is 6.29. The minimum atomic E-state index is -0.445. The molecule has 0 aliphatic carbocycles. The highest BCUT2D eigenvalue weighted by atomic mass is 16.3. The lowest BCUT2D eigenvalue weighted by molar-refractivity contribution is 0.670. The van der Waals surface area contributed by atoms with Gasteiger partial charge in [0.1, 0.15) is 11.2 Å². The van der Waals surface area contributed by atoms with E-state index in [4.69, 9.17) is 18.1 Å². The van der Waals surface area contributed by atoms with E-state index in [2.05, 4.69) is 30.3 Å². The van der Waals surface area contributed by atoms with Crippen molar-refractivity contribution in [3.8, 4) is 44.5 Å². The van der Waals surface area contributed by atoms with E-state index in [1.165, 1.54) is 0 Å². The normalized spacial score (nSPS) is 14.8. The molecule has 1 heteroatoms. The Morgan fingerprint density at radius 3 is 1.64 bits per heavy atom. The molecule has 0 N–H and O–H groups in total.